The van der Waals surface area contributed by atoms with Crippen molar-refractivity contribution in [2.75, 3.05) is 26.2 Å². The normalized spacial score (nSPS) is 22.1. The Morgan fingerprint density at radius 1 is 1.13 bits per heavy atom. The van der Waals surface area contributed by atoms with Crippen LogP contribution in [0.1, 0.15) is 31.4 Å². The van der Waals surface area contributed by atoms with E-state index in [2.05, 4.69) is 15.2 Å². The van der Waals surface area contributed by atoms with Gasteiger partial charge >= 0.3 is 0 Å². The summed E-state index contributed by atoms with van der Waals surface area (Å²) in [7, 11) is -3.50. The molecule has 1 N–H and O–H groups in total. The van der Waals surface area contributed by atoms with Crippen LogP contribution in [-0.2, 0) is 21.4 Å². The van der Waals surface area contributed by atoms with E-state index in [1.165, 1.54) is 15.6 Å². The molecule has 2 fully saturated rings. The van der Waals surface area contributed by atoms with Gasteiger partial charge < -0.3 is 5.32 Å². The second-order valence-corrected chi connectivity index (χ2v) is 11.1. The molecule has 1 atom stereocenters. The van der Waals surface area contributed by atoms with E-state index in [4.69, 9.17) is 0 Å². The summed E-state index contributed by atoms with van der Waals surface area (Å²) < 4.78 is 27.4. The molecular formula is C21H28N4O3S2. The quantitative estimate of drug-likeness (QED) is 0.733. The zero-order valence-electron chi connectivity index (χ0n) is 16.9. The second kappa shape index (κ2) is 9.55. The molecule has 2 aliphatic heterocycles. The molecule has 2 aromatic heterocycles. The average Bonchev–Trinajstić information content (AvgIpc) is 3.32. The highest BCUT2D eigenvalue weighted by Crippen LogP contribution is 2.26. The van der Waals surface area contributed by atoms with Crippen molar-refractivity contribution in [1.29, 1.82) is 0 Å². The number of likely N-dealkylation sites (tertiary alicyclic amines) is 1. The maximum absolute atomic E-state index is 12.8. The summed E-state index contributed by atoms with van der Waals surface area (Å²) in [6, 6.07) is 9.48. The van der Waals surface area contributed by atoms with Crippen LogP contribution in [0, 0.1) is 5.92 Å². The smallest absolute Gasteiger partial charge is 0.252 e. The molecule has 7 nitrogen and oxygen atoms in total. The van der Waals surface area contributed by atoms with Gasteiger partial charge in [-0.15, -0.1) is 11.3 Å². The van der Waals surface area contributed by atoms with Crippen LogP contribution in [-0.4, -0.2) is 60.7 Å². The van der Waals surface area contributed by atoms with Crippen LogP contribution < -0.4 is 5.32 Å². The minimum atomic E-state index is -3.50. The topological polar surface area (TPSA) is 82.6 Å². The van der Waals surface area contributed by atoms with Gasteiger partial charge in [-0.05, 0) is 49.3 Å². The van der Waals surface area contributed by atoms with Crippen molar-refractivity contribution in [2.24, 2.45) is 5.92 Å². The number of nitrogens with one attached hydrogen (secondary N) is 1. The number of rotatable bonds is 6. The first-order chi connectivity index (χ1) is 14.5. The SMILES string of the molecule is O=C(NC1CCN(Cc2ccccn2)CC1)C1CCCN(S(=O)(=O)c2cccs2)C1. The number of amides is 1. The number of hydrogen-bond acceptors (Lipinski definition) is 6. The summed E-state index contributed by atoms with van der Waals surface area (Å²) in [5.74, 6) is -0.288. The first-order valence-corrected chi connectivity index (χ1v) is 12.8. The molecular weight excluding hydrogens is 420 g/mol. The monoisotopic (exact) mass is 448 g/mol. The third-order valence-electron chi connectivity index (χ3n) is 5.89. The van der Waals surface area contributed by atoms with E-state index in [1.54, 1.807) is 17.5 Å². The Kier molecular flexibility index (Phi) is 6.82. The van der Waals surface area contributed by atoms with Crippen LogP contribution in [0.3, 0.4) is 0 Å². The molecule has 2 saturated heterocycles. The van der Waals surface area contributed by atoms with Gasteiger partial charge in [-0.25, -0.2) is 8.42 Å². The van der Waals surface area contributed by atoms with Gasteiger partial charge in [0, 0.05) is 45.0 Å². The minimum absolute atomic E-state index is 0.00995. The van der Waals surface area contributed by atoms with Gasteiger partial charge in [0.15, 0.2) is 0 Å². The molecule has 4 rings (SSSR count). The van der Waals surface area contributed by atoms with E-state index in [-0.39, 0.29) is 24.4 Å². The Balaban J connectivity index is 1.27. The largest absolute Gasteiger partial charge is 0.353 e. The molecule has 162 valence electrons. The number of piperidine rings is 2. The number of carbonyl (C=O) groups is 1. The van der Waals surface area contributed by atoms with Crippen LogP contribution in [0.25, 0.3) is 0 Å². The van der Waals surface area contributed by atoms with Crippen molar-refractivity contribution in [3.8, 4) is 0 Å². The maximum Gasteiger partial charge on any atom is 0.252 e. The lowest BCUT2D eigenvalue weighted by Crippen LogP contribution is -2.50. The van der Waals surface area contributed by atoms with Gasteiger partial charge in [-0.3, -0.25) is 14.7 Å². The van der Waals surface area contributed by atoms with E-state index in [0.717, 1.165) is 44.6 Å². The maximum atomic E-state index is 12.8. The number of thiophene rings is 1. The fourth-order valence-electron chi connectivity index (χ4n) is 4.19. The molecule has 0 aromatic carbocycles. The van der Waals surface area contributed by atoms with Crippen molar-refractivity contribution >= 4 is 27.3 Å². The number of pyridine rings is 1. The molecule has 1 unspecified atom stereocenters. The molecule has 0 radical (unpaired) electrons. The van der Waals surface area contributed by atoms with Gasteiger partial charge in [-0.2, -0.15) is 4.31 Å². The third-order valence-corrected chi connectivity index (χ3v) is 9.13. The predicted octanol–water partition coefficient (Wildman–Crippen LogP) is 2.32. The average molecular weight is 449 g/mol. The molecule has 30 heavy (non-hydrogen) atoms. The van der Waals surface area contributed by atoms with Crippen molar-refractivity contribution in [3.63, 3.8) is 0 Å². The number of sulfonamides is 1. The van der Waals surface area contributed by atoms with Crippen molar-refractivity contribution in [2.45, 2.75) is 42.5 Å². The minimum Gasteiger partial charge on any atom is -0.353 e. The van der Waals surface area contributed by atoms with Crippen LogP contribution in [0.5, 0.6) is 0 Å². The van der Waals surface area contributed by atoms with Crippen LogP contribution in [0.2, 0.25) is 0 Å². The number of carbonyl (C=O) groups excluding carboxylic acids is 1. The lowest BCUT2D eigenvalue weighted by Gasteiger charge is -2.35. The highest BCUT2D eigenvalue weighted by atomic mass is 32.2. The lowest BCUT2D eigenvalue weighted by molar-refractivity contribution is -0.127. The molecule has 2 aliphatic rings. The Bertz CT molecular complexity index is 926. The molecule has 0 bridgehead atoms. The fourth-order valence-corrected chi connectivity index (χ4v) is 6.86. The molecule has 1 amide bonds. The Labute approximate surface area is 182 Å². The highest BCUT2D eigenvalue weighted by molar-refractivity contribution is 7.91. The molecule has 0 spiro atoms. The third kappa shape index (κ3) is 5.08. The Morgan fingerprint density at radius 2 is 1.97 bits per heavy atom. The summed E-state index contributed by atoms with van der Waals surface area (Å²) in [6.07, 6.45) is 5.07. The molecule has 4 heterocycles. The van der Waals surface area contributed by atoms with E-state index in [0.29, 0.717) is 17.2 Å². The first kappa shape index (κ1) is 21.4. The summed E-state index contributed by atoms with van der Waals surface area (Å²) in [6.45, 7) is 3.43. The second-order valence-electron chi connectivity index (χ2n) is 8.01. The zero-order valence-corrected chi connectivity index (χ0v) is 18.6. The molecule has 9 heteroatoms. The van der Waals surface area contributed by atoms with Gasteiger partial charge in [0.2, 0.25) is 5.91 Å². The van der Waals surface area contributed by atoms with Crippen LogP contribution in [0.4, 0.5) is 0 Å². The lowest BCUT2D eigenvalue weighted by atomic mass is 9.97. The standard InChI is InChI=1S/C21H28N4O3S2/c26-21(17-5-3-11-25(15-17)30(27,28)20-7-4-14-29-20)23-18-8-12-24(13-9-18)16-19-6-1-2-10-22-19/h1-2,4,6-7,10,14,17-18H,3,5,8-9,11-13,15-16H2,(H,23,26). The van der Waals surface area contributed by atoms with Gasteiger partial charge in [-0.1, -0.05) is 12.1 Å². The summed E-state index contributed by atoms with van der Waals surface area (Å²) in [5, 5.41) is 4.94. The zero-order chi connectivity index (χ0) is 21.0. The van der Waals surface area contributed by atoms with Gasteiger partial charge in [0.25, 0.3) is 10.0 Å². The number of hydrogen-bond donors (Lipinski definition) is 1. The molecule has 2 aromatic rings. The van der Waals surface area contributed by atoms with Gasteiger partial charge in [0.1, 0.15) is 4.21 Å². The van der Waals surface area contributed by atoms with E-state index in [1.807, 2.05) is 24.4 Å². The van der Waals surface area contributed by atoms with Crippen molar-refractivity contribution < 1.29 is 13.2 Å². The highest BCUT2D eigenvalue weighted by Gasteiger charge is 2.34. The number of nitrogens with zero attached hydrogens (tertiary/aromatic N) is 3. The van der Waals surface area contributed by atoms with Crippen molar-refractivity contribution in [3.05, 3.63) is 47.6 Å². The Morgan fingerprint density at radius 3 is 2.67 bits per heavy atom. The van der Waals surface area contributed by atoms with Crippen molar-refractivity contribution in [1.82, 2.24) is 19.5 Å². The molecule has 0 saturated carbocycles. The Hall–Kier alpha value is -1.81. The van der Waals surface area contributed by atoms with Crippen LogP contribution >= 0.6 is 11.3 Å². The van der Waals surface area contributed by atoms with E-state index >= 15 is 0 Å². The van der Waals surface area contributed by atoms with Gasteiger partial charge in [0.05, 0.1) is 11.6 Å². The summed E-state index contributed by atoms with van der Waals surface area (Å²) >= 11 is 1.22. The van der Waals surface area contributed by atoms with Crippen LogP contribution in [0.15, 0.2) is 46.1 Å². The first-order valence-electron chi connectivity index (χ1n) is 10.5. The number of aromatic nitrogens is 1. The van der Waals surface area contributed by atoms with E-state index in [9.17, 15) is 13.2 Å². The summed E-state index contributed by atoms with van der Waals surface area (Å²) in [5.41, 5.74) is 1.06. The predicted molar refractivity (Wildman–Crippen MR) is 116 cm³/mol. The summed E-state index contributed by atoms with van der Waals surface area (Å²) in [4.78, 5) is 19.6. The molecule has 0 aliphatic carbocycles. The van der Waals surface area contributed by atoms with E-state index < -0.39 is 10.0 Å². The fraction of sp³-hybridized carbons (Fsp3) is 0.524.